The van der Waals surface area contributed by atoms with Crippen molar-refractivity contribution < 1.29 is 36.9 Å². The molecule has 6 nitrogen and oxygen atoms in total. The number of carbonyl (C=O) groups is 1. The Labute approximate surface area is 197 Å². The highest BCUT2D eigenvalue weighted by Crippen LogP contribution is 2.31. The van der Waals surface area contributed by atoms with Crippen molar-refractivity contribution in [1.29, 1.82) is 0 Å². The number of carboxylic acid groups (broad SMARTS) is 1. The minimum atomic E-state index is -4.42. The number of aromatic nitrogens is 1. The Bertz CT molecular complexity index is 1360. The van der Waals surface area contributed by atoms with E-state index in [4.69, 9.17) is 9.47 Å². The van der Waals surface area contributed by atoms with E-state index in [0.29, 0.717) is 33.4 Å². The van der Waals surface area contributed by atoms with E-state index < -0.39 is 23.5 Å². The van der Waals surface area contributed by atoms with Crippen LogP contribution < -0.4 is 10.1 Å². The molecule has 0 saturated heterocycles. The van der Waals surface area contributed by atoms with Gasteiger partial charge in [-0.2, -0.15) is 13.2 Å². The number of aromatic carboxylic acids is 1. The lowest BCUT2D eigenvalue weighted by Gasteiger charge is -2.09. The van der Waals surface area contributed by atoms with Gasteiger partial charge < -0.3 is 24.9 Å². The summed E-state index contributed by atoms with van der Waals surface area (Å²) in [6.45, 7) is -0.0638. The molecule has 4 aromatic rings. The Balaban J connectivity index is 1.51. The maximum absolute atomic E-state index is 14.0. The molecule has 3 N–H and O–H groups in total. The minimum absolute atomic E-state index is 0.00649. The van der Waals surface area contributed by atoms with Gasteiger partial charge in [-0.1, -0.05) is 18.2 Å². The summed E-state index contributed by atoms with van der Waals surface area (Å²) >= 11 is 0. The van der Waals surface area contributed by atoms with Gasteiger partial charge >= 0.3 is 12.1 Å². The van der Waals surface area contributed by atoms with Crippen LogP contribution >= 0.6 is 0 Å². The molecule has 182 valence electrons. The quantitative estimate of drug-likeness (QED) is 0.247. The second-order valence-corrected chi connectivity index (χ2v) is 7.71. The Kier molecular flexibility index (Phi) is 6.65. The summed E-state index contributed by atoms with van der Waals surface area (Å²) in [6.07, 6.45) is -4.42. The number of nitrogens with one attached hydrogen (secondary N) is 2. The number of carboxylic acids is 1. The predicted molar refractivity (Wildman–Crippen MR) is 121 cm³/mol. The van der Waals surface area contributed by atoms with Crippen molar-refractivity contribution in [3.8, 4) is 5.75 Å². The number of methoxy groups -OCH3 is 1. The van der Waals surface area contributed by atoms with Gasteiger partial charge in [-0.15, -0.1) is 0 Å². The Morgan fingerprint density at radius 2 is 1.69 bits per heavy atom. The van der Waals surface area contributed by atoms with Crippen LogP contribution in [0.15, 0.2) is 60.7 Å². The SMILES string of the molecule is COc1ccc(Nc2ccc3c(COCc4ccc(C(F)(F)F)cc4)c(C(=O)O)[nH]c3c2)cc1F. The third-order valence-electron chi connectivity index (χ3n) is 5.36. The highest BCUT2D eigenvalue weighted by atomic mass is 19.4. The lowest BCUT2D eigenvalue weighted by molar-refractivity contribution is -0.137. The van der Waals surface area contributed by atoms with Crippen LogP contribution in [0.1, 0.15) is 27.2 Å². The van der Waals surface area contributed by atoms with Gasteiger partial charge in [0.25, 0.3) is 0 Å². The van der Waals surface area contributed by atoms with Crippen molar-refractivity contribution in [1.82, 2.24) is 4.98 Å². The Hall–Kier alpha value is -4.05. The summed E-state index contributed by atoms with van der Waals surface area (Å²) in [7, 11) is 1.37. The molecule has 0 aliphatic carbocycles. The maximum Gasteiger partial charge on any atom is 0.416 e. The smallest absolute Gasteiger partial charge is 0.416 e. The van der Waals surface area contributed by atoms with Gasteiger partial charge in [0, 0.05) is 33.9 Å². The maximum atomic E-state index is 14.0. The van der Waals surface area contributed by atoms with E-state index in [1.807, 2.05) is 0 Å². The first-order valence-corrected chi connectivity index (χ1v) is 10.4. The molecule has 10 heteroatoms. The zero-order chi connectivity index (χ0) is 25.2. The van der Waals surface area contributed by atoms with Crippen LogP contribution in [0, 0.1) is 5.82 Å². The molecular formula is C25H20F4N2O4. The van der Waals surface area contributed by atoms with Crippen molar-refractivity contribution in [2.24, 2.45) is 0 Å². The van der Waals surface area contributed by atoms with E-state index in [2.05, 4.69) is 10.3 Å². The summed E-state index contributed by atoms with van der Waals surface area (Å²) in [5.41, 5.74) is 1.71. The zero-order valence-electron chi connectivity index (χ0n) is 18.4. The van der Waals surface area contributed by atoms with Crippen LogP contribution in [0.3, 0.4) is 0 Å². The summed E-state index contributed by atoms with van der Waals surface area (Å²) in [5.74, 6) is -1.59. The lowest BCUT2D eigenvalue weighted by atomic mass is 10.1. The van der Waals surface area contributed by atoms with Crippen LogP contribution in [0.2, 0.25) is 0 Å². The fraction of sp³-hybridized carbons (Fsp3) is 0.160. The fourth-order valence-electron chi connectivity index (χ4n) is 3.64. The Morgan fingerprint density at radius 3 is 2.31 bits per heavy atom. The molecule has 0 unspecified atom stereocenters. The molecule has 0 fully saturated rings. The van der Waals surface area contributed by atoms with Crippen LogP contribution in [0.4, 0.5) is 28.9 Å². The highest BCUT2D eigenvalue weighted by molar-refractivity contribution is 5.98. The molecule has 0 bridgehead atoms. The zero-order valence-corrected chi connectivity index (χ0v) is 18.4. The number of hydrogen-bond donors (Lipinski definition) is 3. The third-order valence-corrected chi connectivity index (χ3v) is 5.36. The van der Waals surface area contributed by atoms with Gasteiger partial charge in [0.1, 0.15) is 5.69 Å². The van der Waals surface area contributed by atoms with Crippen LogP contribution in [-0.4, -0.2) is 23.2 Å². The number of halogens is 4. The van der Waals surface area contributed by atoms with Crippen molar-refractivity contribution >= 4 is 28.2 Å². The number of aromatic amines is 1. The van der Waals surface area contributed by atoms with E-state index in [-0.39, 0.29) is 24.7 Å². The predicted octanol–water partition coefficient (Wildman–Crippen LogP) is 6.49. The number of rotatable bonds is 8. The van der Waals surface area contributed by atoms with Crippen molar-refractivity contribution in [3.05, 3.63) is 88.9 Å². The van der Waals surface area contributed by atoms with Gasteiger partial charge in [0.2, 0.25) is 0 Å². The molecule has 1 heterocycles. The molecule has 4 rings (SSSR count). The normalized spacial score (nSPS) is 11.6. The molecule has 0 aliphatic rings. The number of hydrogen-bond acceptors (Lipinski definition) is 4. The molecule has 3 aromatic carbocycles. The monoisotopic (exact) mass is 488 g/mol. The second kappa shape index (κ2) is 9.67. The standard InChI is InChI=1S/C25H20F4N2O4/c1-34-22-9-7-16(10-20(22)26)30-17-6-8-18-19(23(24(32)33)31-21(18)11-17)13-35-12-14-2-4-15(5-3-14)25(27,28)29/h2-11,30-31H,12-13H2,1H3,(H,32,33). The first-order valence-electron chi connectivity index (χ1n) is 10.4. The first kappa shape index (κ1) is 24.1. The summed E-state index contributed by atoms with van der Waals surface area (Å²) < 4.78 is 62.6. The third kappa shape index (κ3) is 5.38. The largest absolute Gasteiger partial charge is 0.494 e. The van der Waals surface area contributed by atoms with Crippen molar-refractivity contribution in [2.45, 2.75) is 19.4 Å². The van der Waals surface area contributed by atoms with Crippen molar-refractivity contribution in [3.63, 3.8) is 0 Å². The molecule has 0 aliphatic heterocycles. The number of anilines is 2. The summed E-state index contributed by atoms with van der Waals surface area (Å²) in [6, 6.07) is 14.1. The molecule has 0 radical (unpaired) electrons. The van der Waals surface area contributed by atoms with Gasteiger partial charge in [0.15, 0.2) is 11.6 Å². The van der Waals surface area contributed by atoms with Gasteiger partial charge in [-0.25, -0.2) is 9.18 Å². The number of fused-ring (bicyclic) bond motifs is 1. The lowest BCUT2D eigenvalue weighted by Crippen LogP contribution is -2.05. The molecule has 1 aromatic heterocycles. The van der Waals surface area contributed by atoms with E-state index in [1.165, 1.54) is 31.4 Å². The van der Waals surface area contributed by atoms with Gasteiger partial charge in [-0.3, -0.25) is 0 Å². The number of ether oxygens (including phenoxy) is 2. The molecular weight excluding hydrogens is 468 g/mol. The average molecular weight is 488 g/mol. The number of alkyl halides is 3. The molecule has 35 heavy (non-hydrogen) atoms. The van der Waals surface area contributed by atoms with Crippen molar-refractivity contribution in [2.75, 3.05) is 12.4 Å². The Morgan fingerprint density at radius 1 is 1.00 bits per heavy atom. The van der Waals surface area contributed by atoms with E-state index in [1.54, 1.807) is 24.3 Å². The average Bonchev–Trinajstić information content (AvgIpc) is 3.17. The topological polar surface area (TPSA) is 83.6 Å². The van der Waals surface area contributed by atoms with Crippen LogP contribution in [-0.2, 0) is 24.1 Å². The van der Waals surface area contributed by atoms with Gasteiger partial charge in [-0.05, 0) is 42.0 Å². The van der Waals surface area contributed by atoms with E-state index in [9.17, 15) is 27.5 Å². The van der Waals surface area contributed by atoms with E-state index >= 15 is 0 Å². The molecule has 0 atom stereocenters. The fourth-order valence-corrected chi connectivity index (χ4v) is 3.64. The number of H-pyrrole nitrogens is 1. The second-order valence-electron chi connectivity index (χ2n) is 7.71. The first-order chi connectivity index (χ1) is 16.7. The summed E-state index contributed by atoms with van der Waals surface area (Å²) in [4.78, 5) is 14.6. The molecule has 0 amide bonds. The minimum Gasteiger partial charge on any atom is -0.494 e. The molecule has 0 saturated carbocycles. The van der Waals surface area contributed by atoms with Gasteiger partial charge in [0.05, 0.1) is 25.9 Å². The highest BCUT2D eigenvalue weighted by Gasteiger charge is 2.29. The number of benzene rings is 3. The van der Waals surface area contributed by atoms with Crippen LogP contribution in [0.5, 0.6) is 5.75 Å². The molecule has 0 spiro atoms. The van der Waals surface area contributed by atoms with E-state index in [0.717, 1.165) is 12.1 Å². The summed E-state index contributed by atoms with van der Waals surface area (Å²) in [5, 5.41) is 13.3. The van der Waals surface area contributed by atoms with Crippen LogP contribution in [0.25, 0.3) is 10.9 Å².